The maximum atomic E-state index is 12.1. The van der Waals surface area contributed by atoms with E-state index in [0.717, 1.165) is 0 Å². The molecule has 24 heavy (non-hydrogen) atoms. The zero-order valence-corrected chi connectivity index (χ0v) is 13.8. The first kappa shape index (κ1) is 18.2. The average molecular weight is 356 g/mol. The summed E-state index contributed by atoms with van der Waals surface area (Å²) in [5.41, 5.74) is 0.751. The van der Waals surface area contributed by atoms with Crippen molar-refractivity contribution in [2.24, 2.45) is 0 Å². The number of aliphatic hydroxyl groups is 1. The second kappa shape index (κ2) is 8.11. The Kier molecular flexibility index (Phi) is 6.16. The topological polar surface area (TPSA) is 122 Å². The molecule has 0 bridgehead atoms. The highest BCUT2D eigenvalue weighted by molar-refractivity contribution is 7.91. The molecule has 1 aliphatic heterocycles. The molecule has 0 saturated carbocycles. The molecule has 1 fully saturated rings. The fraction of sp³-hybridized carbons (Fsp3) is 0.467. The number of para-hydroxylation sites is 1. The van der Waals surface area contributed by atoms with Gasteiger partial charge in [0.05, 0.1) is 23.7 Å². The molecule has 8 nitrogen and oxygen atoms in total. The van der Waals surface area contributed by atoms with Crippen LogP contribution in [0, 0.1) is 0 Å². The SMILES string of the molecule is O=C(COC(=O)c1ccccc1NCCO)N[C@@H]1CCS(=O)(=O)C1. The molecule has 0 radical (unpaired) electrons. The summed E-state index contributed by atoms with van der Waals surface area (Å²) >= 11 is 0. The van der Waals surface area contributed by atoms with Crippen molar-refractivity contribution in [2.45, 2.75) is 12.5 Å². The van der Waals surface area contributed by atoms with Crippen LogP contribution in [0.3, 0.4) is 0 Å². The summed E-state index contributed by atoms with van der Waals surface area (Å²) < 4.78 is 27.6. The van der Waals surface area contributed by atoms with E-state index >= 15 is 0 Å². The van der Waals surface area contributed by atoms with Crippen molar-refractivity contribution in [1.29, 1.82) is 0 Å². The van der Waals surface area contributed by atoms with E-state index in [1.807, 2.05) is 0 Å². The summed E-state index contributed by atoms with van der Waals surface area (Å²) in [5.74, 6) is -1.24. The second-order valence-corrected chi connectivity index (χ2v) is 7.67. The minimum atomic E-state index is -3.08. The van der Waals surface area contributed by atoms with Crippen molar-refractivity contribution in [2.75, 3.05) is 36.6 Å². The molecule has 0 spiro atoms. The number of carbonyl (C=O) groups excluding carboxylic acids is 2. The Morgan fingerprint density at radius 2 is 2.04 bits per heavy atom. The van der Waals surface area contributed by atoms with Gasteiger partial charge in [-0.2, -0.15) is 0 Å². The molecule has 132 valence electrons. The smallest absolute Gasteiger partial charge is 0.340 e. The van der Waals surface area contributed by atoms with E-state index in [1.54, 1.807) is 24.3 Å². The predicted molar refractivity (Wildman–Crippen MR) is 87.5 cm³/mol. The first-order valence-corrected chi connectivity index (χ1v) is 9.34. The van der Waals surface area contributed by atoms with Gasteiger partial charge in [0, 0.05) is 18.3 Å². The monoisotopic (exact) mass is 356 g/mol. The molecule has 1 aromatic carbocycles. The van der Waals surface area contributed by atoms with E-state index in [-0.39, 0.29) is 30.2 Å². The Bertz CT molecular complexity index is 704. The lowest BCUT2D eigenvalue weighted by molar-refractivity contribution is -0.124. The van der Waals surface area contributed by atoms with Crippen molar-refractivity contribution in [1.82, 2.24) is 5.32 Å². The van der Waals surface area contributed by atoms with Crippen molar-refractivity contribution in [3.05, 3.63) is 29.8 Å². The van der Waals surface area contributed by atoms with Gasteiger partial charge < -0.3 is 20.5 Å². The number of esters is 1. The van der Waals surface area contributed by atoms with E-state index in [9.17, 15) is 18.0 Å². The Morgan fingerprint density at radius 3 is 2.71 bits per heavy atom. The minimum absolute atomic E-state index is 0.0572. The third-order valence-electron chi connectivity index (χ3n) is 3.51. The third-order valence-corrected chi connectivity index (χ3v) is 5.27. The largest absolute Gasteiger partial charge is 0.452 e. The zero-order chi connectivity index (χ0) is 17.6. The minimum Gasteiger partial charge on any atom is -0.452 e. The van der Waals surface area contributed by atoms with Crippen LogP contribution < -0.4 is 10.6 Å². The average Bonchev–Trinajstić information content (AvgIpc) is 2.89. The van der Waals surface area contributed by atoms with E-state index < -0.39 is 34.4 Å². The first-order chi connectivity index (χ1) is 11.4. The summed E-state index contributed by atoms with van der Waals surface area (Å²) in [6.45, 7) is -0.291. The number of rotatable bonds is 7. The second-order valence-electron chi connectivity index (χ2n) is 5.44. The van der Waals surface area contributed by atoms with Crippen molar-refractivity contribution < 1.29 is 27.9 Å². The van der Waals surface area contributed by atoms with Gasteiger partial charge >= 0.3 is 5.97 Å². The van der Waals surface area contributed by atoms with Crippen molar-refractivity contribution in [3.63, 3.8) is 0 Å². The lowest BCUT2D eigenvalue weighted by Crippen LogP contribution is -2.38. The van der Waals surface area contributed by atoms with Gasteiger partial charge in [-0.25, -0.2) is 13.2 Å². The molecule has 0 aromatic heterocycles. The first-order valence-electron chi connectivity index (χ1n) is 7.52. The van der Waals surface area contributed by atoms with Crippen LogP contribution in [0.2, 0.25) is 0 Å². The third kappa shape index (κ3) is 5.20. The van der Waals surface area contributed by atoms with Crippen LogP contribution >= 0.6 is 0 Å². The molecule has 3 N–H and O–H groups in total. The van der Waals surface area contributed by atoms with E-state index in [1.165, 1.54) is 0 Å². The Morgan fingerprint density at radius 1 is 1.29 bits per heavy atom. The Hall–Kier alpha value is -2.13. The number of carbonyl (C=O) groups is 2. The highest BCUT2D eigenvalue weighted by atomic mass is 32.2. The fourth-order valence-electron chi connectivity index (χ4n) is 2.39. The Balaban J connectivity index is 1.86. The molecule has 0 aliphatic carbocycles. The maximum Gasteiger partial charge on any atom is 0.340 e. The van der Waals surface area contributed by atoms with Crippen molar-refractivity contribution in [3.8, 4) is 0 Å². The number of benzene rings is 1. The zero-order valence-electron chi connectivity index (χ0n) is 13.0. The Labute approximate surface area is 140 Å². The molecule has 1 aliphatic rings. The summed E-state index contributed by atoms with van der Waals surface area (Å²) in [6.07, 6.45) is 0.371. The molecular formula is C15H20N2O6S. The van der Waals surface area contributed by atoms with Crippen LogP contribution in [0.15, 0.2) is 24.3 Å². The molecule has 1 heterocycles. The maximum absolute atomic E-state index is 12.1. The molecule has 1 saturated heterocycles. The van der Waals surface area contributed by atoms with Crippen LogP contribution in [0.25, 0.3) is 0 Å². The molecule has 1 aromatic rings. The number of hydrogen-bond acceptors (Lipinski definition) is 7. The lowest BCUT2D eigenvalue weighted by Gasteiger charge is -2.13. The number of amides is 1. The van der Waals surface area contributed by atoms with Gasteiger partial charge in [0.1, 0.15) is 0 Å². The van der Waals surface area contributed by atoms with Crippen LogP contribution in [0.4, 0.5) is 5.69 Å². The van der Waals surface area contributed by atoms with Crippen LogP contribution in [0.5, 0.6) is 0 Å². The lowest BCUT2D eigenvalue weighted by atomic mass is 10.2. The van der Waals surface area contributed by atoms with Crippen LogP contribution in [-0.4, -0.2) is 62.7 Å². The number of ether oxygens (including phenoxy) is 1. The number of aliphatic hydroxyl groups excluding tert-OH is 1. The van der Waals surface area contributed by atoms with E-state index in [4.69, 9.17) is 9.84 Å². The van der Waals surface area contributed by atoms with Gasteiger partial charge in [-0.1, -0.05) is 12.1 Å². The molecule has 1 amide bonds. The molecule has 9 heteroatoms. The summed E-state index contributed by atoms with van der Waals surface area (Å²) in [5, 5.41) is 14.3. The van der Waals surface area contributed by atoms with Crippen LogP contribution in [0.1, 0.15) is 16.8 Å². The molecule has 0 unspecified atom stereocenters. The van der Waals surface area contributed by atoms with E-state index in [0.29, 0.717) is 12.1 Å². The highest BCUT2D eigenvalue weighted by Gasteiger charge is 2.29. The number of anilines is 1. The van der Waals surface area contributed by atoms with Gasteiger partial charge in [-0.05, 0) is 18.6 Å². The molecular weight excluding hydrogens is 336 g/mol. The number of hydrogen-bond donors (Lipinski definition) is 3. The summed E-state index contributed by atoms with van der Waals surface area (Å²) in [4.78, 5) is 23.8. The number of nitrogens with one attached hydrogen (secondary N) is 2. The van der Waals surface area contributed by atoms with Gasteiger partial charge in [-0.3, -0.25) is 4.79 Å². The normalized spacial score (nSPS) is 18.8. The van der Waals surface area contributed by atoms with Crippen LogP contribution in [-0.2, 0) is 19.4 Å². The molecule has 2 rings (SSSR count). The standard InChI is InChI=1S/C15H20N2O6S/c18-7-6-16-13-4-2-1-3-12(13)15(20)23-9-14(19)17-11-5-8-24(21,22)10-11/h1-4,11,16,18H,5-10H2,(H,17,19)/t11-/m1/s1. The highest BCUT2D eigenvalue weighted by Crippen LogP contribution is 2.16. The van der Waals surface area contributed by atoms with Crippen molar-refractivity contribution >= 4 is 27.4 Å². The van der Waals surface area contributed by atoms with Gasteiger partial charge in [-0.15, -0.1) is 0 Å². The van der Waals surface area contributed by atoms with Gasteiger partial charge in [0.2, 0.25) is 0 Å². The van der Waals surface area contributed by atoms with Gasteiger partial charge in [0.15, 0.2) is 16.4 Å². The quantitative estimate of drug-likeness (QED) is 0.566. The molecule has 1 atom stereocenters. The van der Waals surface area contributed by atoms with E-state index in [2.05, 4.69) is 10.6 Å². The fourth-order valence-corrected chi connectivity index (χ4v) is 4.07. The number of sulfone groups is 1. The summed E-state index contributed by atoms with van der Waals surface area (Å²) in [6, 6.07) is 6.16. The summed E-state index contributed by atoms with van der Waals surface area (Å²) in [7, 11) is -3.08. The van der Waals surface area contributed by atoms with Gasteiger partial charge in [0.25, 0.3) is 5.91 Å². The predicted octanol–water partition coefficient (Wildman–Crippen LogP) is -0.449.